The van der Waals surface area contributed by atoms with Crippen LogP contribution in [0.15, 0.2) is 53.4 Å². The van der Waals surface area contributed by atoms with E-state index >= 15 is 0 Å². The Morgan fingerprint density at radius 3 is 2.74 bits per heavy atom. The quantitative estimate of drug-likeness (QED) is 0.745. The molecule has 1 saturated heterocycles. The summed E-state index contributed by atoms with van der Waals surface area (Å²) in [4.78, 5) is 23.8. The Hall–Kier alpha value is -2.87. The van der Waals surface area contributed by atoms with Crippen LogP contribution in [0.2, 0.25) is 0 Å². The Morgan fingerprint density at radius 1 is 1.15 bits per heavy atom. The van der Waals surface area contributed by atoms with Crippen molar-refractivity contribution in [3.63, 3.8) is 0 Å². The summed E-state index contributed by atoms with van der Waals surface area (Å²) in [6, 6.07) is 13.0. The molecule has 1 fully saturated rings. The van der Waals surface area contributed by atoms with E-state index < -0.39 is 28.1 Å². The van der Waals surface area contributed by atoms with Crippen LogP contribution in [0.4, 0.5) is 5.69 Å². The number of anilines is 1. The second-order valence-corrected chi connectivity index (χ2v) is 8.20. The van der Waals surface area contributed by atoms with Crippen LogP contribution in [0.3, 0.4) is 0 Å². The van der Waals surface area contributed by atoms with Crippen LogP contribution < -0.4 is 4.31 Å². The molecule has 0 aromatic heterocycles. The number of rotatable bonds is 4. The molecule has 1 atom stereocenters. The highest BCUT2D eigenvalue weighted by molar-refractivity contribution is 7.92. The number of ether oxygens (including phenoxy) is 2. The number of esters is 2. The fraction of sp³-hybridized carbons (Fsp3) is 0.263. The summed E-state index contributed by atoms with van der Waals surface area (Å²) in [6.45, 7) is 0.559. The Kier molecular flexibility index (Phi) is 4.35. The van der Waals surface area contributed by atoms with Gasteiger partial charge in [0.15, 0.2) is 0 Å². The lowest BCUT2D eigenvalue weighted by atomic mass is 10.2. The number of hydrogen-bond acceptors (Lipinski definition) is 6. The zero-order valence-corrected chi connectivity index (χ0v) is 15.1. The monoisotopic (exact) mass is 387 g/mol. The Bertz CT molecular complexity index is 1020. The van der Waals surface area contributed by atoms with Crippen LogP contribution in [0.25, 0.3) is 0 Å². The second-order valence-electron chi connectivity index (χ2n) is 6.33. The van der Waals surface area contributed by atoms with Crippen molar-refractivity contribution in [1.82, 2.24) is 0 Å². The van der Waals surface area contributed by atoms with Gasteiger partial charge in [0.1, 0.15) is 0 Å². The van der Waals surface area contributed by atoms with Gasteiger partial charge in [0.25, 0.3) is 10.0 Å². The first-order valence-electron chi connectivity index (χ1n) is 8.55. The first kappa shape index (κ1) is 17.5. The first-order valence-corrected chi connectivity index (χ1v) is 9.99. The fourth-order valence-electron chi connectivity index (χ4n) is 3.25. The Balaban J connectivity index is 1.60. The number of carbonyl (C=O) groups excluding carboxylic acids is 2. The van der Waals surface area contributed by atoms with Crippen LogP contribution in [0.1, 0.15) is 22.3 Å². The summed E-state index contributed by atoms with van der Waals surface area (Å²) >= 11 is 0. The van der Waals surface area contributed by atoms with Crippen molar-refractivity contribution >= 4 is 27.6 Å². The standard InChI is InChI=1S/C19H17NO6S/c21-18(26-17-9-11-25-19(17)22)14-5-3-6-15(12-14)27(23,24)20-10-8-13-4-1-2-7-16(13)20/h1-7,12,17H,8-11H2/t17-/m1/s1. The van der Waals surface area contributed by atoms with Crippen molar-refractivity contribution in [3.05, 3.63) is 59.7 Å². The van der Waals surface area contributed by atoms with Gasteiger partial charge in [0.2, 0.25) is 6.10 Å². The maximum atomic E-state index is 13.1. The van der Waals surface area contributed by atoms with E-state index in [1.54, 1.807) is 12.1 Å². The third-order valence-electron chi connectivity index (χ3n) is 4.64. The van der Waals surface area contributed by atoms with Crippen molar-refractivity contribution in [1.29, 1.82) is 0 Å². The maximum absolute atomic E-state index is 13.1. The highest BCUT2D eigenvalue weighted by atomic mass is 32.2. The van der Waals surface area contributed by atoms with Gasteiger partial charge in [-0.25, -0.2) is 18.0 Å². The fourth-order valence-corrected chi connectivity index (χ4v) is 4.80. The Morgan fingerprint density at radius 2 is 1.96 bits per heavy atom. The average molecular weight is 387 g/mol. The minimum atomic E-state index is -3.81. The lowest BCUT2D eigenvalue weighted by molar-refractivity contribution is -0.145. The van der Waals surface area contributed by atoms with Gasteiger partial charge < -0.3 is 9.47 Å². The average Bonchev–Trinajstić information content (AvgIpc) is 3.28. The molecule has 0 N–H and O–H groups in total. The molecule has 2 aliphatic rings. The third kappa shape index (κ3) is 3.16. The Labute approximate surface area is 156 Å². The van der Waals surface area contributed by atoms with E-state index in [1.165, 1.54) is 28.6 Å². The van der Waals surface area contributed by atoms with Crippen molar-refractivity contribution < 1.29 is 27.5 Å². The summed E-state index contributed by atoms with van der Waals surface area (Å²) in [7, 11) is -3.81. The highest BCUT2D eigenvalue weighted by Gasteiger charge is 2.33. The molecule has 0 aliphatic carbocycles. The van der Waals surface area contributed by atoms with Gasteiger partial charge in [0.05, 0.1) is 22.8 Å². The molecule has 0 bridgehead atoms. The van der Waals surface area contributed by atoms with Gasteiger partial charge in [-0.3, -0.25) is 4.31 Å². The molecule has 8 heteroatoms. The van der Waals surface area contributed by atoms with Gasteiger partial charge >= 0.3 is 11.9 Å². The molecule has 0 unspecified atom stereocenters. The van der Waals surface area contributed by atoms with Crippen molar-refractivity contribution in [2.24, 2.45) is 0 Å². The van der Waals surface area contributed by atoms with Gasteiger partial charge in [-0.2, -0.15) is 0 Å². The number of nitrogens with zero attached hydrogens (tertiary/aromatic N) is 1. The molecule has 2 aromatic rings. The number of cyclic esters (lactones) is 1. The topological polar surface area (TPSA) is 90.0 Å². The van der Waals surface area contributed by atoms with E-state index in [1.807, 2.05) is 12.1 Å². The highest BCUT2D eigenvalue weighted by Crippen LogP contribution is 2.32. The summed E-state index contributed by atoms with van der Waals surface area (Å²) in [5, 5.41) is 0. The number of para-hydroxylation sites is 1. The molecular weight excluding hydrogens is 370 g/mol. The number of carbonyl (C=O) groups is 2. The van der Waals surface area contributed by atoms with Crippen LogP contribution >= 0.6 is 0 Å². The minimum absolute atomic E-state index is 0.00246. The van der Waals surface area contributed by atoms with E-state index in [0.29, 0.717) is 25.1 Å². The normalized spacial score (nSPS) is 18.9. The SMILES string of the molecule is O=C(O[C@@H]1CCOC1=O)c1cccc(S(=O)(=O)N2CCc3ccccc32)c1. The van der Waals surface area contributed by atoms with E-state index in [4.69, 9.17) is 9.47 Å². The molecule has 2 heterocycles. The molecule has 27 heavy (non-hydrogen) atoms. The molecule has 4 rings (SSSR count). The summed E-state index contributed by atoms with van der Waals surface area (Å²) < 4.78 is 37.4. The van der Waals surface area contributed by atoms with E-state index in [2.05, 4.69) is 0 Å². The van der Waals surface area contributed by atoms with Crippen molar-refractivity contribution in [2.75, 3.05) is 17.5 Å². The van der Waals surface area contributed by atoms with E-state index in [-0.39, 0.29) is 17.1 Å². The molecular formula is C19H17NO6S. The largest absolute Gasteiger partial charge is 0.463 e. The summed E-state index contributed by atoms with van der Waals surface area (Å²) in [6.07, 6.45) is -0.00292. The van der Waals surface area contributed by atoms with Gasteiger partial charge in [-0.1, -0.05) is 24.3 Å². The molecule has 2 aromatic carbocycles. The van der Waals surface area contributed by atoms with E-state index in [9.17, 15) is 18.0 Å². The molecule has 2 aliphatic heterocycles. The number of hydrogen-bond donors (Lipinski definition) is 0. The zero-order chi connectivity index (χ0) is 19.0. The summed E-state index contributed by atoms with van der Waals surface area (Å²) in [5.74, 6) is -1.33. The van der Waals surface area contributed by atoms with E-state index in [0.717, 1.165) is 5.56 Å². The maximum Gasteiger partial charge on any atom is 0.347 e. The number of fused-ring (bicyclic) bond motifs is 1. The predicted octanol–water partition coefficient (Wildman–Crippen LogP) is 1.91. The van der Waals surface area contributed by atoms with Crippen LogP contribution in [-0.4, -0.2) is 39.6 Å². The predicted molar refractivity (Wildman–Crippen MR) is 95.9 cm³/mol. The lowest BCUT2D eigenvalue weighted by Crippen LogP contribution is -2.29. The summed E-state index contributed by atoms with van der Waals surface area (Å²) in [5.41, 5.74) is 1.69. The van der Waals surface area contributed by atoms with Gasteiger partial charge in [-0.05, 0) is 36.2 Å². The van der Waals surface area contributed by atoms with Crippen LogP contribution in [0, 0.1) is 0 Å². The van der Waals surface area contributed by atoms with Crippen LogP contribution in [-0.2, 0) is 30.7 Å². The van der Waals surface area contributed by atoms with Crippen LogP contribution in [0.5, 0.6) is 0 Å². The number of benzene rings is 2. The second kappa shape index (κ2) is 6.70. The van der Waals surface area contributed by atoms with Crippen molar-refractivity contribution in [2.45, 2.75) is 23.8 Å². The lowest BCUT2D eigenvalue weighted by Gasteiger charge is -2.20. The van der Waals surface area contributed by atoms with Gasteiger partial charge in [-0.15, -0.1) is 0 Å². The molecule has 0 spiro atoms. The van der Waals surface area contributed by atoms with Gasteiger partial charge in [0, 0.05) is 13.0 Å². The smallest absolute Gasteiger partial charge is 0.347 e. The molecule has 0 saturated carbocycles. The first-order chi connectivity index (χ1) is 13.0. The molecule has 0 amide bonds. The molecule has 140 valence electrons. The van der Waals surface area contributed by atoms with Crippen molar-refractivity contribution in [3.8, 4) is 0 Å². The molecule has 7 nitrogen and oxygen atoms in total. The number of sulfonamides is 1. The zero-order valence-electron chi connectivity index (χ0n) is 14.3. The third-order valence-corrected chi connectivity index (χ3v) is 6.45. The molecule has 0 radical (unpaired) electrons. The minimum Gasteiger partial charge on any atom is -0.463 e.